The maximum absolute atomic E-state index is 11.7. The van der Waals surface area contributed by atoms with Crippen molar-refractivity contribution in [2.24, 2.45) is 0 Å². The van der Waals surface area contributed by atoms with Gasteiger partial charge in [0.2, 0.25) is 0 Å². The molecule has 0 amide bonds. The largest absolute Gasteiger partial charge is 0.573 e. The number of ether oxygens (including phenoxy) is 1. The highest BCUT2D eigenvalue weighted by Gasteiger charge is 2.31. The van der Waals surface area contributed by atoms with Crippen LogP contribution in [0.25, 0.3) is 0 Å². The van der Waals surface area contributed by atoms with Crippen molar-refractivity contribution in [1.29, 1.82) is 0 Å². The quantitative estimate of drug-likeness (QED) is 0.721. The van der Waals surface area contributed by atoms with E-state index >= 15 is 0 Å². The van der Waals surface area contributed by atoms with E-state index in [0.29, 0.717) is 3.57 Å². The fourth-order valence-electron chi connectivity index (χ4n) is 0.603. The second kappa shape index (κ2) is 3.51. The zero-order valence-electron chi connectivity index (χ0n) is 5.65. The summed E-state index contributed by atoms with van der Waals surface area (Å²) in [6, 6.07) is 6.63. The molecule has 0 N–H and O–H groups in total. The summed E-state index contributed by atoms with van der Waals surface area (Å²) < 4.78 is 39.1. The van der Waals surface area contributed by atoms with Gasteiger partial charge in [-0.15, -0.1) is 13.2 Å². The molecule has 0 fully saturated rings. The minimum atomic E-state index is -4.62. The minimum Gasteiger partial charge on any atom is -0.405 e. The number of hydrogen-bond donors (Lipinski definition) is 0. The van der Waals surface area contributed by atoms with E-state index in [2.05, 4.69) is 10.8 Å². The lowest BCUT2D eigenvalue weighted by atomic mass is 10.3. The normalized spacial score (nSPS) is 11.3. The van der Waals surface area contributed by atoms with Crippen molar-refractivity contribution in [3.63, 3.8) is 0 Å². The highest BCUT2D eigenvalue weighted by atomic mass is 127. The summed E-state index contributed by atoms with van der Waals surface area (Å²) >= 11 is 1.74. The molecule has 1 radical (unpaired) electrons. The molecule has 0 atom stereocenters. The van der Waals surface area contributed by atoms with E-state index in [0.717, 1.165) is 0 Å². The predicted octanol–water partition coefficient (Wildman–Crippen LogP) is 2.99. The van der Waals surface area contributed by atoms with Gasteiger partial charge >= 0.3 is 6.36 Å². The van der Waals surface area contributed by atoms with Crippen molar-refractivity contribution in [1.82, 2.24) is 0 Å². The Bertz CT molecular complexity index is 272. The molecule has 0 aliphatic rings. The van der Waals surface area contributed by atoms with Gasteiger partial charge in [0.05, 0.1) is 3.57 Å². The first kappa shape index (κ1) is 9.63. The van der Waals surface area contributed by atoms with Gasteiger partial charge in [0.1, 0.15) is 5.75 Å². The summed E-state index contributed by atoms with van der Waals surface area (Å²) in [5.41, 5.74) is 0. The summed E-state index contributed by atoms with van der Waals surface area (Å²) in [5.74, 6) is -0.193. The van der Waals surface area contributed by atoms with Crippen molar-refractivity contribution >= 4 is 22.6 Å². The Hall–Kier alpha value is -0.460. The molecule has 65 valence electrons. The maximum Gasteiger partial charge on any atom is 0.573 e. The number of rotatable bonds is 1. The Morgan fingerprint density at radius 1 is 1.42 bits per heavy atom. The summed E-state index contributed by atoms with van der Waals surface area (Å²) in [4.78, 5) is 0. The van der Waals surface area contributed by atoms with E-state index in [1.165, 1.54) is 18.2 Å². The van der Waals surface area contributed by atoms with Crippen molar-refractivity contribution < 1.29 is 17.9 Å². The molecule has 0 saturated carbocycles. The van der Waals surface area contributed by atoms with Crippen molar-refractivity contribution in [2.75, 3.05) is 0 Å². The lowest BCUT2D eigenvalue weighted by Gasteiger charge is -2.09. The molecule has 5 heteroatoms. The first-order valence-electron chi connectivity index (χ1n) is 2.90. The molecule has 0 saturated heterocycles. The third-order valence-corrected chi connectivity index (χ3v) is 1.85. The highest BCUT2D eigenvalue weighted by Crippen LogP contribution is 2.26. The molecule has 1 rings (SSSR count). The Morgan fingerprint density at radius 2 is 2.08 bits per heavy atom. The zero-order chi connectivity index (χ0) is 9.19. The predicted molar refractivity (Wildman–Crippen MR) is 44.7 cm³/mol. The van der Waals surface area contributed by atoms with Crippen molar-refractivity contribution in [2.45, 2.75) is 6.36 Å². The van der Waals surface area contributed by atoms with E-state index in [9.17, 15) is 13.2 Å². The number of halogens is 4. The van der Waals surface area contributed by atoms with Gasteiger partial charge in [-0.05, 0) is 40.8 Å². The summed E-state index contributed by atoms with van der Waals surface area (Å²) in [6.07, 6.45) is -4.62. The van der Waals surface area contributed by atoms with Crippen molar-refractivity contribution in [3.8, 4) is 5.75 Å². The summed E-state index contributed by atoms with van der Waals surface area (Å²) in [6.45, 7) is 0. The molecule has 0 aliphatic carbocycles. The molecule has 1 aromatic carbocycles. The molecule has 0 unspecified atom stereocenters. The number of alkyl halides is 3. The second-order valence-corrected chi connectivity index (χ2v) is 3.07. The fourth-order valence-corrected chi connectivity index (χ4v) is 1.07. The minimum absolute atomic E-state index is 0.193. The van der Waals surface area contributed by atoms with Gasteiger partial charge in [0.15, 0.2) is 0 Å². The third kappa shape index (κ3) is 2.88. The molecular weight excluding hydrogens is 284 g/mol. The average molecular weight is 287 g/mol. The second-order valence-electron chi connectivity index (χ2n) is 1.90. The average Bonchev–Trinajstić information content (AvgIpc) is 1.91. The fraction of sp³-hybridized carbons (Fsp3) is 0.143. The SMILES string of the molecule is FC(F)(F)Oc1cc[c]cc1I. The highest BCUT2D eigenvalue weighted by molar-refractivity contribution is 14.1. The van der Waals surface area contributed by atoms with Crippen LogP contribution in [0.3, 0.4) is 0 Å². The van der Waals surface area contributed by atoms with Crippen LogP contribution in [0.1, 0.15) is 0 Å². The topological polar surface area (TPSA) is 9.23 Å². The van der Waals surface area contributed by atoms with Crippen LogP contribution < -0.4 is 4.74 Å². The number of hydrogen-bond acceptors (Lipinski definition) is 1. The lowest BCUT2D eigenvalue weighted by molar-refractivity contribution is -0.274. The van der Waals surface area contributed by atoms with Crippen LogP contribution in [-0.4, -0.2) is 6.36 Å². The maximum atomic E-state index is 11.7. The van der Waals surface area contributed by atoms with E-state index in [-0.39, 0.29) is 5.75 Å². The van der Waals surface area contributed by atoms with Gasteiger partial charge in [-0.2, -0.15) is 0 Å². The first-order valence-corrected chi connectivity index (χ1v) is 3.98. The van der Waals surface area contributed by atoms with Gasteiger partial charge in [-0.25, -0.2) is 0 Å². The monoisotopic (exact) mass is 287 g/mol. The van der Waals surface area contributed by atoms with Crippen LogP contribution in [0.5, 0.6) is 5.75 Å². The smallest absolute Gasteiger partial charge is 0.405 e. The Morgan fingerprint density at radius 3 is 2.58 bits per heavy atom. The van der Waals surface area contributed by atoms with Gasteiger partial charge < -0.3 is 4.74 Å². The molecule has 1 aromatic rings. The van der Waals surface area contributed by atoms with Crippen LogP contribution >= 0.6 is 22.6 Å². The molecule has 0 spiro atoms. The Labute approximate surface area is 80.7 Å². The molecule has 0 aromatic heterocycles. The van der Waals surface area contributed by atoms with E-state index in [1.54, 1.807) is 22.6 Å². The lowest BCUT2D eigenvalue weighted by Crippen LogP contribution is -2.17. The van der Waals surface area contributed by atoms with Gasteiger partial charge in [-0.3, -0.25) is 0 Å². The van der Waals surface area contributed by atoms with E-state index in [4.69, 9.17) is 0 Å². The van der Waals surface area contributed by atoms with Gasteiger partial charge in [0, 0.05) is 0 Å². The van der Waals surface area contributed by atoms with Crippen LogP contribution in [-0.2, 0) is 0 Å². The first-order chi connectivity index (χ1) is 5.49. The molecule has 12 heavy (non-hydrogen) atoms. The zero-order valence-corrected chi connectivity index (χ0v) is 7.81. The van der Waals surface area contributed by atoms with Crippen LogP contribution in [0.2, 0.25) is 0 Å². The summed E-state index contributed by atoms with van der Waals surface area (Å²) in [5, 5.41) is 0. The molecular formula is C7H3F3IO. The summed E-state index contributed by atoms with van der Waals surface area (Å²) in [7, 11) is 0. The molecule has 0 aliphatic heterocycles. The number of benzene rings is 1. The van der Waals surface area contributed by atoms with E-state index < -0.39 is 6.36 Å². The van der Waals surface area contributed by atoms with Crippen LogP contribution in [0.15, 0.2) is 18.2 Å². The van der Waals surface area contributed by atoms with E-state index in [1.807, 2.05) is 0 Å². The standard InChI is InChI=1S/C7H3F3IO/c8-7(9,10)12-6-4-2-1-3-5(6)11/h2-4H. The van der Waals surface area contributed by atoms with Crippen LogP contribution in [0, 0.1) is 9.64 Å². The van der Waals surface area contributed by atoms with Crippen LogP contribution in [0.4, 0.5) is 13.2 Å². The van der Waals surface area contributed by atoms with Gasteiger partial charge in [0.25, 0.3) is 0 Å². The molecule has 0 heterocycles. The Balaban J connectivity index is 2.83. The van der Waals surface area contributed by atoms with Gasteiger partial charge in [-0.1, -0.05) is 6.07 Å². The van der Waals surface area contributed by atoms with Crippen molar-refractivity contribution in [3.05, 3.63) is 27.8 Å². The molecule has 1 nitrogen and oxygen atoms in total. The third-order valence-electron chi connectivity index (χ3n) is 1.00. The molecule has 0 bridgehead atoms. The Kier molecular flexibility index (Phi) is 2.81.